The van der Waals surface area contributed by atoms with E-state index in [4.69, 9.17) is 26.1 Å². The van der Waals surface area contributed by atoms with Gasteiger partial charge in [-0.3, -0.25) is 9.59 Å². The van der Waals surface area contributed by atoms with Gasteiger partial charge in [0.15, 0.2) is 5.75 Å². The van der Waals surface area contributed by atoms with Crippen molar-refractivity contribution in [3.05, 3.63) is 48.8 Å². The summed E-state index contributed by atoms with van der Waals surface area (Å²) in [7, 11) is 8.89. The van der Waals surface area contributed by atoms with Crippen LogP contribution in [0.2, 0.25) is 0 Å². The molecule has 44 heavy (non-hydrogen) atoms. The number of nitrogens with zero attached hydrogens (tertiary/aromatic N) is 4. The summed E-state index contributed by atoms with van der Waals surface area (Å²) in [4.78, 5) is 41.3. The van der Waals surface area contributed by atoms with Crippen molar-refractivity contribution in [3.63, 3.8) is 0 Å². The first-order valence-electron chi connectivity index (χ1n) is 13.7. The van der Waals surface area contributed by atoms with Crippen molar-refractivity contribution in [1.29, 1.82) is 0 Å². The van der Waals surface area contributed by atoms with E-state index < -0.39 is 23.5 Å². The molecule has 0 aliphatic rings. The highest BCUT2D eigenvalue weighted by Gasteiger charge is 2.23. The molecule has 4 aromatic rings. The third-order valence-electron chi connectivity index (χ3n) is 6.89. The highest BCUT2D eigenvalue weighted by molar-refractivity contribution is 6.29. The van der Waals surface area contributed by atoms with Crippen LogP contribution >= 0.6 is 11.6 Å². The molecule has 0 fully saturated rings. The van der Waals surface area contributed by atoms with E-state index >= 15 is 0 Å². The fraction of sp³-hybridized carbons (Fsp3) is 0.333. The number of aromatic amines is 1. The summed E-state index contributed by atoms with van der Waals surface area (Å²) in [5.41, 5.74) is 1.62. The largest absolute Gasteiger partial charge is 0.494 e. The van der Waals surface area contributed by atoms with Crippen molar-refractivity contribution in [2.45, 2.75) is 18.6 Å². The first-order chi connectivity index (χ1) is 21.0. The minimum Gasteiger partial charge on any atom is -0.494 e. The molecule has 1 unspecified atom stereocenters. The van der Waals surface area contributed by atoms with E-state index in [9.17, 15) is 14.0 Å². The number of hydrogen-bond donors (Lipinski definition) is 4. The number of hydrogen-bond acceptors (Lipinski definition) is 9. The van der Waals surface area contributed by atoms with Crippen LogP contribution < -0.4 is 30.3 Å². The minimum absolute atomic E-state index is 0.257. The number of benzene rings is 2. The molecule has 0 radical (unpaired) electrons. The zero-order valence-corrected chi connectivity index (χ0v) is 26.1. The summed E-state index contributed by atoms with van der Waals surface area (Å²) in [5, 5.41) is 9.27. The van der Waals surface area contributed by atoms with Gasteiger partial charge in [-0.15, -0.1) is 0 Å². The van der Waals surface area contributed by atoms with E-state index in [1.54, 1.807) is 25.4 Å². The Hall–Kier alpha value is -4.62. The van der Waals surface area contributed by atoms with Gasteiger partial charge in [0.05, 0.1) is 37.5 Å². The highest BCUT2D eigenvalue weighted by Crippen LogP contribution is 2.39. The number of nitrogens with one attached hydrogen (secondary N) is 4. The number of carbonyl (C=O) groups excluding carboxylic acids is 2. The molecule has 2 atom stereocenters. The van der Waals surface area contributed by atoms with Gasteiger partial charge >= 0.3 is 0 Å². The number of alkyl halides is 2. The Bertz CT molecular complexity index is 1630. The van der Waals surface area contributed by atoms with Crippen LogP contribution in [0.4, 0.5) is 27.4 Å². The van der Waals surface area contributed by atoms with E-state index in [1.807, 2.05) is 61.4 Å². The molecule has 4 rings (SSSR count). The van der Waals surface area contributed by atoms with Crippen molar-refractivity contribution in [3.8, 4) is 22.8 Å². The molecule has 14 heteroatoms. The maximum Gasteiger partial charge on any atom is 0.270 e. The molecule has 0 saturated heterocycles. The lowest BCUT2D eigenvalue weighted by Crippen LogP contribution is -2.44. The molecule has 234 valence electrons. The normalized spacial score (nSPS) is 12.5. The van der Waals surface area contributed by atoms with Gasteiger partial charge in [0.2, 0.25) is 11.9 Å². The van der Waals surface area contributed by atoms with E-state index in [0.717, 1.165) is 23.0 Å². The monoisotopic (exact) mass is 626 g/mol. The quantitative estimate of drug-likeness (QED) is 0.160. The molecule has 2 aromatic carbocycles. The van der Waals surface area contributed by atoms with Gasteiger partial charge in [-0.1, -0.05) is 29.8 Å². The molecule has 0 aliphatic heterocycles. The predicted octanol–water partition coefficient (Wildman–Crippen LogP) is 4.36. The Labute approximate surface area is 259 Å². The van der Waals surface area contributed by atoms with Gasteiger partial charge in [0.25, 0.3) is 11.5 Å². The van der Waals surface area contributed by atoms with Gasteiger partial charge < -0.3 is 40.2 Å². The molecule has 2 heterocycles. The summed E-state index contributed by atoms with van der Waals surface area (Å²) >= 11 is 5.22. The SMILES string of the molecule is COc1cc(N(C)CCN(C)C)c(NC(=O)[C@H](C)NC(=O)C(F)Cl)cc1Nc1ncc(OC)c(-c2c[nH]c3ccccc23)n1. The molecule has 4 N–H and O–H groups in total. The maximum atomic E-state index is 13.2. The number of anilines is 4. The molecular weight excluding hydrogens is 591 g/mol. The highest BCUT2D eigenvalue weighted by atomic mass is 35.5. The van der Waals surface area contributed by atoms with Crippen LogP contribution in [0.5, 0.6) is 11.5 Å². The van der Waals surface area contributed by atoms with Crippen molar-refractivity contribution < 1.29 is 23.5 Å². The van der Waals surface area contributed by atoms with Crippen LogP contribution in [0.1, 0.15) is 6.92 Å². The zero-order chi connectivity index (χ0) is 32.0. The smallest absolute Gasteiger partial charge is 0.270 e. The Morgan fingerprint density at radius 1 is 1.05 bits per heavy atom. The van der Waals surface area contributed by atoms with Crippen LogP contribution in [0.15, 0.2) is 48.8 Å². The van der Waals surface area contributed by atoms with Gasteiger partial charge in [0, 0.05) is 48.9 Å². The number of amides is 2. The number of H-pyrrole nitrogens is 1. The Kier molecular flexibility index (Phi) is 10.4. The first-order valence-corrected chi connectivity index (χ1v) is 14.2. The molecule has 2 amide bonds. The summed E-state index contributed by atoms with van der Waals surface area (Å²) in [5.74, 6) is -0.464. The van der Waals surface area contributed by atoms with E-state index in [2.05, 4.69) is 25.9 Å². The lowest BCUT2D eigenvalue weighted by atomic mass is 10.1. The molecule has 0 saturated carbocycles. The Morgan fingerprint density at radius 3 is 2.45 bits per heavy atom. The summed E-state index contributed by atoms with van der Waals surface area (Å²) in [6.45, 7) is 2.80. The van der Waals surface area contributed by atoms with E-state index in [1.165, 1.54) is 14.0 Å². The molecule has 0 aliphatic carbocycles. The molecule has 2 aromatic heterocycles. The van der Waals surface area contributed by atoms with Gasteiger partial charge in [-0.2, -0.15) is 0 Å². The number of halogens is 2. The second-order valence-electron chi connectivity index (χ2n) is 10.3. The number of aromatic nitrogens is 3. The van der Waals surface area contributed by atoms with E-state index in [0.29, 0.717) is 40.8 Å². The van der Waals surface area contributed by atoms with Gasteiger partial charge in [0.1, 0.15) is 17.5 Å². The van der Waals surface area contributed by atoms with Crippen molar-refractivity contribution in [2.24, 2.45) is 0 Å². The maximum absolute atomic E-state index is 13.2. The third kappa shape index (κ3) is 7.47. The molecular formula is C30H36ClFN8O4. The Morgan fingerprint density at radius 2 is 1.77 bits per heavy atom. The van der Waals surface area contributed by atoms with Crippen molar-refractivity contribution in [2.75, 3.05) is 64.0 Å². The number of ether oxygens (including phenoxy) is 2. The van der Waals surface area contributed by atoms with Crippen LogP contribution in [0.25, 0.3) is 22.2 Å². The molecule has 0 spiro atoms. The average Bonchev–Trinajstić information content (AvgIpc) is 3.44. The lowest BCUT2D eigenvalue weighted by molar-refractivity contribution is -0.127. The van der Waals surface area contributed by atoms with Crippen LogP contribution in [-0.2, 0) is 9.59 Å². The average molecular weight is 627 g/mol. The fourth-order valence-electron chi connectivity index (χ4n) is 4.47. The number of rotatable bonds is 13. The number of methoxy groups -OCH3 is 2. The molecule has 12 nitrogen and oxygen atoms in total. The third-order valence-corrected chi connectivity index (χ3v) is 7.08. The lowest BCUT2D eigenvalue weighted by Gasteiger charge is -2.26. The topological polar surface area (TPSA) is 137 Å². The number of fused-ring (bicyclic) bond motifs is 1. The Balaban J connectivity index is 1.72. The second kappa shape index (κ2) is 14.2. The van der Waals surface area contributed by atoms with Gasteiger partial charge in [-0.25, -0.2) is 14.4 Å². The second-order valence-corrected chi connectivity index (χ2v) is 10.7. The van der Waals surface area contributed by atoms with Crippen LogP contribution in [0.3, 0.4) is 0 Å². The standard InChI is InChI=1S/C30H36ClFN8O4/c1-17(35-29(42)27(31)32)28(41)36-21-13-22(24(43-5)14-23(21)40(4)12-11-39(2)3)37-30-34-16-25(44-6)26(38-30)19-15-33-20-10-8-7-9-18(19)20/h7-10,13-17,27,33H,11-12H2,1-6H3,(H,35,42)(H,36,41)(H,34,37,38)/t17-,27?/m0/s1. The number of para-hydroxylation sites is 1. The summed E-state index contributed by atoms with van der Waals surface area (Å²) < 4.78 is 24.5. The van der Waals surface area contributed by atoms with Crippen LogP contribution in [-0.4, -0.2) is 91.8 Å². The number of carbonyl (C=O) groups is 2. The first kappa shape index (κ1) is 32.3. The number of likely N-dealkylation sites (N-methyl/N-ethyl adjacent to an activating group) is 2. The van der Waals surface area contributed by atoms with Crippen molar-refractivity contribution >= 4 is 57.3 Å². The predicted molar refractivity (Wildman–Crippen MR) is 171 cm³/mol. The molecule has 0 bridgehead atoms. The van der Waals surface area contributed by atoms with Gasteiger partial charge in [-0.05, 0) is 33.2 Å². The summed E-state index contributed by atoms with van der Waals surface area (Å²) in [6.07, 6.45) is 3.44. The van der Waals surface area contributed by atoms with E-state index in [-0.39, 0.29) is 5.95 Å². The fourth-order valence-corrected chi connectivity index (χ4v) is 4.53. The minimum atomic E-state index is -2.27. The van der Waals surface area contributed by atoms with Crippen molar-refractivity contribution in [1.82, 2.24) is 25.2 Å². The summed E-state index contributed by atoms with van der Waals surface area (Å²) in [6, 6.07) is 10.2. The van der Waals surface area contributed by atoms with Crippen LogP contribution in [0, 0.1) is 0 Å². The zero-order valence-electron chi connectivity index (χ0n) is 25.4.